The molecule has 0 atom stereocenters. The molecule has 4 rings (SSSR count). The van der Waals surface area contributed by atoms with E-state index in [4.69, 9.17) is 9.47 Å². The lowest BCUT2D eigenvalue weighted by molar-refractivity contribution is -0.116. The topological polar surface area (TPSA) is 85.7 Å². The van der Waals surface area contributed by atoms with Crippen LogP contribution in [0, 0.1) is 13.8 Å². The molecule has 8 heteroatoms. The number of anilines is 1. The Morgan fingerprint density at radius 3 is 2.41 bits per heavy atom. The lowest BCUT2D eigenvalue weighted by Crippen LogP contribution is -2.37. The highest BCUT2D eigenvalue weighted by Crippen LogP contribution is 2.32. The van der Waals surface area contributed by atoms with Crippen molar-refractivity contribution in [3.8, 4) is 17.2 Å². The molecule has 8 nitrogen and oxygen atoms in total. The number of carbonyl (C=O) groups is 2. The second kappa shape index (κ2) is 9.13. The van der Waals surface area contributed by atoms with Crippen molar-refractivity contribution in [2.24, 2.45) is 0 Å². The number of rotatable bonds is 6. The molecule has 0 spiro atoms. The molecule has 2 amide bonds. The van der Waals surface area contributed by atoms with Gasteiger partial charge in [-0.2, -0.15) is 5.10 Å². The molecule has 32 heavy (non-hydrogen) atoms. The van der Waals surface area contributed by atoms with Crippen molar-refractivity contribution >= 4 is 17.5 Å². The summed E-state index contributed by atoms with van der Waals surface area (Å²) in [7, 11) is 0. The summed E-state index contributed by atoms with van der Waals surface area (Å²) >= 11 is 0. The summed E-state index contributed by atoms with van der Waals surface area (Å²) in [5.74, 6) is 0.768. The third-order valence-electron chi connectivity index (χ3n) is 5.20. The Hall–Kier alpha value is -3.81. The Bertz CT molecular complexity index is 1140. The fraction of sp³-hybridized carbons (Fsp3) is 0.292. The molecular formula is C24H26N4O4. The highest BCUT2D eigenvalue weighted by molar-refractivity contribution is 5.99. The lowest BCUT2D eigenvalue weighted by Gasteiger charge is -2.21. The Morgan fingerprint density at radius 1 is 1.03 bits per heavy atom. The first-order chi connectivity index (χ1) is 15.4. The van der Waals surface area contributed by atoms with Gasteiger partial charge in [0.1, 0.15) is 19.8 Å². The minimum absolute atomic E-state index is 0.0526. The predicted octanol–water partition coefficient (Wildman–Crippen LogP) is 3.36. The van der Waals surface area contributed by atoms with Crippen LogP contribution < -0.4 is 14.8 Å². The van der Waals surface area contributed by atoms with Gasteiger partial charge in [0, 0.05) is 29.6 Å². The molecule has 2 heterocycles. The van der Waals surface area contributed by atoms with E-state index in [1.807, 2.05) is 43.7 Å². The fourth-order valence-corrected chi connectivity index (χ4v) is 3.64. The van der Waals surface area contributed by atoms with Crippen LogP contribution in [0.1, 0.15) is 28.7 Å². The van der Waals surface area contributed by atoms with E-state index in [0.717, 1.165) is 17.1 Å². The van der Waals surface area contributed by atoms with E-state index in [9.17, 15) is 9.59 Å². The monoisotopic (exact) mass is 434 g/mol. The summed E-state index contributed by atoms with van der Waals surface area (Å²) in [6.45, 7) is 7.11. The molecule has 1 aliphatic rings. The Labute approximate surface area is 186 Å². The van der Waals surface area contributed by atoms with Gasteiger partial charge in [-0.1, -0.05) is 0 Å². The van der Waals surface area contributed by atoms with Crippen LogP contribution in [0.2, 0.25) is 0 Å². The number of amides is 2. The molecule has 3 aromatic rings. The average molecular weight is 434 g/mol. The number of hydrogen-bond donors (Lipinski definition) is 1. The van der Waals surface area contributed by atoms with Crippen LogP contribution in [0.5, 0.6) is 11.5 Å². The van der Waals surface area contributed by atoms with E-state index in [1.165, 1.54) is 4.90 Å². The van der Waals surface area contributed by atoms with Gasteiger partial charge in [0.05, 0.1) is 11.4 Å². The molecule has 0 saturated heterocycles. The van der Waals surface area contributed by atoms with Crippen molar-refractivity contribution < 1.29 is 19.1 Å². The van der Waals surface area contributed by atoms with Gasteiger partial charge in [-0.25, -0.2) is 4.68 Å². The highest BCUT2D eigenvalue weighted by atomic mass is 16.6. The lowest BCUT2D eigenvalue weighted by atomic mass is 10.1. The number of likely N-dealkylation sites (N-methyl/N-ethyl adjacent to an activating group) is 1. The summed E-state index contributed by atoms with van der Waals surface area (Å²) in [6.07, 6.45) is 0. The van der Waals surface area contributed by atoms with Gasteiger partial charge < -0.3 is 19.7 Å². The SMILES string of the molecule is CCN(CC(=O)Nc1ccc2c(c1)OCCO2)C(=O)c1ccc(-n2nc(C)cc2C)cc1. The molecule has 0 radical (unpaired) electrons. The van der Waals surface area contributed by atoms with Gasteiger partial charge in [0.2, 0.25) is 5.91 Å². The van der Waals surface area contributed by atoms with Crippen LogP contribution >= 0.6 is 0 Å². The number of nitrogens with one attached hydrogen (secondary N) is 1. The number of ether oxygens (including phenoxy) is 2. The Kier molecular flexibility index (Phi) is 6.11. The molecule has 0 unspecified atom stereocenters. The van der Waals surface area contributed by atoms with Crippen LogP contribution in [-0.4, -0.2) is 52.8 Å². The first-order valence-electron chi connectivity index (χ1n) is 10.6. The minimum Gasteiger partial charge on any atom is -0.486 e. The number of aromatic nitrogens is 2. The zero-order chi connectivity index (χ0) is 22.7. The molecule has 1 aliphatic heterocycles. The van der Waals surface area contributed by atoms with Gasteiger partial charge >= 0.3 is 0 Å². The summed E-state index contributed by atoms with van der Waals surface area (Å²) in [5, 5.41) is 7.29. The highest BCUT2D eigenvalue weighted by Gasteiger charge is 2.19. The fourth-order valence-electron chi connectivity index (χ4n) is 3.64. The van der Waals surface area contributed by atoms with Crippen LogP contribution in [0.25, 0.3) is 5.69 Å². The molecular weight excluding hydrogens is 408 g/mol. The predicted molar refractivity (Wildman–Crippen MR) is 121 cm³/mol. The molecule has 0 fully saturated rings. The summed E-state index contributed by atoms with van der Waals surface area (Å²) in [6, 6.07) is 14.5. The van der Waals surface area contributed by atoms with Crippen molar-refractivity contribution in [3.63, 3.8) is 0 Å². The van der Waals surface area contributed by atoms with Crippen LogP contribution in [-0.2, 0) is 4.79 Å². The second-order valence-corrected chi connectivity index (χ2v) is 7.61. The van der Waals surface area contributed by atoms with Crippen LogP contribution in [0.4, 0.5) is 5.69 Å². The molecule has 0 aliphatic carbocycles. The Balaban J connectivity index is 1.41. The first kappa shape index (κ1) is 21.4. The zero-order valence-electron chi connectivity index (χ0n) is 18.4. The van der Waals surface area contributed by atoms with Gasteiger partial charge in [0.15, 0.2) is 11.5 Å². The summed E-state index contributed by atoms with van der Waals surface area (Å²) < 4.78 is 12.9. The third-order valence-corrected chi connectivity index (χ3v) is 5.20. The maximum Gasteiger partial charge on any atom is 0.254 e. The van der Waals surface area contributed by atoms with Crippen molar-refractivity contribution in [3.05, 3.63) is 65.5 Å². The van der Waals surface area contributed by atoms with Gasteiger partial charge in [-0.3, -0.25) is 9.59 Å². The smallest absolute Gasteiger partial charge is 0.254 e. The van der Waals surface area contributed by atoms with Crippen molar-refractivity contribution in [1.29, 1.82) is 0 Å². The van der Waals surface area contributed by atoms with Gasteiger partial charge in [-0.05, 0) is 63.2 Å². The number of nitrogens with zero attached hydrogens (tertiary/aromatic N) is 3. The first-order valence-corrected chi connectivity index (χ1v) is 10.6. The van der Waals surface area contributed by atoms with E-state index in [2.05, 4.69) is 10.4 Å². The number of benzene rings is 2. The summed E-state index contributed by atoms with van der Waals surface area (Å²) in [4.78, 5) is 27.0. The van der Waals surface area contributed by atoms with E-state index < -0.39 is 0 Å². The maximum absolute atomic E-state index is 13.0. The van der Waals surface area contributed by atoms with Crippen LogP contribution in [0.15, 0.2) is 48.5 Å². The van der Waals surface area contributed by atoms with E-state index >= 15 is 0 Å². The van der Waals surface area contributed by atoms with Crippen molar-refractivity contribution in [2.45, 2.75) is 20.8 Å². The molecule has 166 valence electrons. The number of carbonyl (C=O) groups excluding carboxylic acids is 2. The molecule has 1 N–H and O–H groups in total. The number of aryl methyl sites for hydroxylation is 2. The quantitative estimate of drug-likeness (QED) is 0.643. The van der Waals surface area contributed by atoms with Crippen molar-refractivity contribution in [2.75, 3.05) is 31.6 Å². The molecule has 2 aromatic carbocycles. The largest absolute Gasteiger partial charge is 0.486 e. The number of fused-ring (bicyclic) bond motifs is 1. The van der Waals surface area contributed by atoms with Crippen LogP contribution in [0.3, 0.4) is 0 Å². The number of hydrogen-bond acceptors (Lipinski definition) is 5. The van der Waals surface area contributed by atoms with Gasteiger partial charge in [0.25, 0.3) is 5.91 Å². The Morgan fingerprint density at radius 2 is 1.75 bits per heavy atom. The molecule has 1 aromatic heterocycles. The third kappa shape index (κ3) is 4.59. The molecule has 0 bridgehead atoms. The minimum atomic E-state index is -0.281. The standard InChI is InChI=1S/C24H26N4O4/c1-4-27(15-23(29)25-19-7-10-21-22(14-19)32-12-11-31-21)24(30)18-5-8-20(9-6-18)28-17(3)13-16(2)26-28/h5-10,13-14H,4,11-12,15H2,1-3H3,(H,25,29). The average Bonchev–Trinajstić information content (AvgIpc) is 3.14. The zero-order valence-corrected chi connectivity index (χ0v) is 18.4. The van der Waals surface area contributed by atoms with Gasteiger partial charge in [-0.15, -0.1) is 0 Å². The normalized spacial score (nSPS) is 12.3. The molecule has 0 saturated carbocycles. The second-order valence-electron chi connectivity index (χ2n) is 7.61. The van der Waals surface area contributed by atoms with E-state index in [-0.39, 0.29) is 18.4 Å². The van der Waals surface area contributed by atoms with Crippen molar-refractivity contribution in [1.82, 2.24) is 14.7 Å². The van der Waals surface area contributed by atoms with E-state index in [0.29, 0.717) is 42.5 Å². The maximum atomic E-state index is 13.0. The summed E-state index contributed by atoms with van der Waals surface area (Å²) in [5.41, 5.74) is 3.95. The van der Waals surface area contributed by atoms with E-state index in [1.54, 1.807) is 30.3 Å².